The molecule has 0 fully saturated rings. The minimum atomic E-state index is -0.940. The fourth-order valence-corrected chi connectivity index (χ4v) is 2.25. The van der Waals surface area contributed by atoms with Crippen LogP contribution in [-0.4, -0.2) is 7.05 Å². The van der Waals surface area contributed by atoms with Crippen molar-refractivity contribution in [2.24, 2.45) is 0 Å². The molecule has 0 saturated carbocycles. The van der Waals surface area contributed by atoms with Crippen LogP contribution in [0, 0.1) is 31.3 Å². The van der Waals surface area contributed by atoms with Crippen molar-refractivity contribution in [3.05, 3.63) is 70.0 Å². The van der Waals surface area contributed by atoms with Gasteiger partial charge < -0.3 is 5.32 Å². The number of rotatable bonds is 3. The maximum atomic E-state index is 14.1. The Morgan fingerprint density at radius 2 is 1.60 bits per heavy atom. The molecule has 1 unspecified atom stereocenters. The van der Waals surface area contributed by atoms with E-state index in [-0.39, 0.29) is 11.1 Å². The van der Waals surface area contributed by atoms with Gasteiger partial charge in [-0.05, 0) is 32.5 Å². The predicted octanol–water partition coefficient (Wildman–Crippen LogP) is 4.03. The lowest BCUT2D eigenvalue weighted by Gasteiger charge is -2.19. The number of nitrogens with one attached hydrogen (secondary N) is 1. The number of hydrogen-bond acceptors (Lipinski definition) is 1. The van der Waals surface area contributed by atoms with Gasteiger partial charge in [0.25, 0.3) is 0 Å². The fourth-order valence-electron chi connectivity index (χ4n) is 2.25. The number of hydrogen-bond donors (Lipinski definition) is 1. The summed E-state index contributed by atoms with van der Waals surface area (Å²) in [6, 6.07) is 6.84. The van der Waals surface area contributed by atoms with Crippen molar-refractivity contribution in [3.8, 4) is 0 Å². The molecule has 4 heteroatoms. The maximum Gasteiger partial charge on any atom is 0.164 e. The molecule has 0 saturated heterocycles. The SMILES string of the molecule is CNC(c1cc(C)ccc1F)c1ccc(C)c(F)c1F. The Kier molecular flexibility index (Phi) is 4.14. The zero-order valence-corrected chi connectivity index (χ0v) is 11.6. The van der Waals surface area contributed by atoms with Crippen molar-refractivity contribution in [2.45, 2.75) is 19.9 Å². The molecule has 0 aliphatic rings. The Morgan fingerprint density at radius 1 is 0.900 bits per heavy atom. The molecule has 2 rings (SSSR count). The molecule has 2 aromatic rings. The zero-order chi connectivity index (χ0) is 14.9. The van der Waals surface area contributed by atoms with Crippen molar-refractivity contribution in [1.82, 2.24) is 5.32 Å². The van der Waals surface area contributed by atoms with Gasteiger partial charge in [-0.25, -0.2) is 13.2 Å². The van der Waals surface area contributed by atoms with Crippen LogP contribution in [0.2, 0.25) is 0 Å². The third kappa shape index (κ3) is 2.56. The predicted molar refractivity (Wildman–Crippen MR) is 73.1 cm³/mol. The van der Waals surface area contributed by atoms with Crippen LogP contribution in [0.3, 0.4) is 0 Å². The molecule has 0 aliphatic heterocycles. The summed E-state index contributed by atoms with van der Waals surface area (Å²) in [6.45, 7) is 3.31. The molecule has 1 atom stereocenters. The average molecular weight is 279 g/mol. The van der Waals surface area contributed by atoms with E-state index >= 15 is 0 Å². The number of benzene rings is 2. The molecule has 0 aliphatic carbocycles. The molecule has 0 aromatic heterocycles. The van der Waals surface area contributed by atoms with Crippen molar-refractivity contribution in [3.63, 3.8) is 0 Å². The minimum absolute atomic E-state index is 0.0973. The molecule has 0 radical (unpaired) electrons. The summed E-state index contributed by atoms with van der Waals surface area (Å²) in [7, 11) is 1.59. The molecule has 1 N–H and O–H groups in total. The summed E-state index contributed by atoms with van der Waals surface area (Å²) in [5, 5.41) is 2.84. The van der Waals surface area contributed by atoms with Gasteiger partial charge in [-0.1, -0.05) is 29.8 Å². The Balaban J connectivity index is 2.58. The van der Waals surface area contributed by atoms with E-state index in [4.69, 9.17) is 0 Å². The lowest BCUT2D eigenvalue weighted by molar-refractivity contribution is 0.478. The second-order valence-corrected chi connectivity index (χ2v) is 4.85. The summed E-state index contributed by atoms with van der Waals surface area (Å²) < 4.78 is 41.7. The van der Waals surface area contributed by atoms with Gasteiger partial charge in [0.1, 0.15) is 5.82 Å². The monoisotopic (exact) mass is 279 g/mol. The average Bonchev–Trinajstić information content (AvgIpc) is 2.43. The molecular weight excluding hydrogens is 263 g/mol. The second kappa shape index (κ2) is 5.67. The van der Waals surface area contributed by atoms with Gasteiger partial charge >= 0.3 is 0 Å². The summed E-state index contributed by atoms with van der Waals surface area (Å²) in [5.41, 5.74) is 1.48. The molecule has 2 aromatic carbocycles. The summed E-state index contributed by atoms with van der Waals surface area (Å²) >= 11 is 0. The van der Waals surface area contributed by atoms with Gasteiger partial charge in [-0.15, -0.1) is 0 Å². The van der Waals surface area contributed by atoms with Crippen LogP contribution in [0.15, 0.2) is 30.3 Å². The van der Waals surface area contributed by atoms with Crippen LogP contribution in [0.1, 0.15) is 28.3 Å². The number of aryl methyl sites for hydroxylation is 2. The van der Waals surface area contributed by atoms with E-state index in [9.17, 15) is 13.2 Å². The van der Waals surface area contributed by atoms with Crippen molar-refractivity contribution in [1.29, 1.82) is 0 Å². The van der Waals surface area contributed by atoms with E-state index in [1.165, 1.54) is 25.1 Å². The van der Waals surface area contributed by atoms with Crippen molar-refractivity contribution in [2.75, 3.05) is 7.05 Å². The molecule has 0 bridgehead atoms. The van der Waals surface area contributed by atoms with Gasteiger partial charge in [-0.3, -0.25) is 0 Å². The lowest BCUT2D eigenvalue weighted by Crippen LogP contribution is -2.21. The molecule has 20 heavy (non-hydrogen) atoms. The van der Waals surface area contributed by atoms with E-state index in [0.717, 1.165) is 5.56 Å². The highest BCUT2D eigenvalue weighted by Crippen LogP contribution is 2.29. The molecule has 1 nitrogen and oxygen atoms in total. The Labute approximate surface area is 116 Å². The maximum absolute atomic E-state index is 14.1. The van der Waals surface area contributed by atoms with E-state index in [1.807, 2.05) is 6.92 Å². The topological polar surface area (TPSA) is 12.0 Å². The van der Waals surface area contributed by atoms with Gasteiger partial charge in [0.2, 0.25) is 0 Å². The first-order valence-corrected chi connectivity index (χ1v) is 6.33. The third-order valence-electron chi connectivity index (χ3n) is 3.37. The van der Waals surface area contributed by atoms with E-state index in [0.29, 0.717) is 5.56 Å². The van der Waals surface area contributed by atoms with Crippen LogP contribution in [0.5, 0.6) is 0 Å². The van der Waals surface area contributed by atoms with E-state index < -0.39 is 23.5 Å². The van der Waals surface area contributed by atoms with Crippen LogP contribution in [0.25, 0.3) is 0 Å². The van der Waals surface area contributed by atoms with E-state index in [2.05, 4.69) is 5.32 Å². The first-order valence-electron chi connectivity index (χ1n) is 6.33. The third-order valence-corrected chi connectivity index (χ3v) is 3.37. The van der Waals surface area contributed by atoms with Gasteiger partial charge in [0.15, 0.2) is 11.6 Å². The molecule has 0 amide bonds. The molecule has 106 valence electrons. The van der Waals surface area contributed by atoms with Crippen molar-refractivity contribution < 1.29 is 13.2 Å². The quantitative estimate of drug-likeness (QED) is 0.894. The normalized spacial score (nSPS) is 12.5. The highest BCUT2D eigenvalue weighted by Gasteiger charge is 2.22. The van der Waals surface area contributed by atoms with Crippen LogP contribution < -0.4 is 5.32 Å². The largest absolute Gasteiger partial charge is 0.309 e. The highest BCUT2D eigenvalue weighted by atomic mass is 19.2. The van der Waals surface area contributed by atoms with Crippen LogP contribution >= 0.6 is 0 Å². The molecule has 0 spiro atoms. The second-order valence-electron chi connectivity index (χ2n) is 4.85. The minimum Gasteiger partial charge on any atom is -0.309 e. The van der Waals surface area contributed by atoms with Gasteiger partial charge in [0, 0.05) is 11.1 Å². The zero-order valence-electron chi connectivity index (χ0n) is 11.6. The van der Waals surface area contributed by atoms with Crippen molar-refractivity contribution >= 4 is 0 Å². The molecular formula is C16H16F3N. The smallest absolute Gasteiger partial charge is 0.164 e. The summed E-state index contributed by atoms with van der Waals surface area (Å²) in [4.78, 5) is 0. The highest BCUT2D eigenvalue weighted by molar-refractivity contribution is 5.37. The fraction of sp³-hybridized carbons (Fsp3) is 0.250. The summed E-state index contributed by atoms with van der Waals surface area (Å²) in [6.07, 6.45) is 0. The molecule has 0 heterocycles. The van der Waals surface area contributed by atoms with Crippen LogP contribution in [0.4, 0.5) is 13.2 Å². The Bertz CT molecular complexity index is 638. The number of halogens is 3. The van der Waals surface area contributed by atoms with Crippen LogP contribution in [-0.2, 0) is 0 Å². The standard InChI is InChI=1S/C16H16F3N/c1-9-4-7-13(17)12(8-9)16(20-3)11-6-5-10(2)14(18)15(11)19/h4-8,16,20H,1-3H3. The Hall–Kier alpha value is -1.81. The first kappa shape index (κ1) is 14.6. The van der Waals surface area contributed by atoms with Gasteiger partial charge in [0.05, 0.1) is 6.04 Å². The van der Waals surface area contributed by atoms with E-state index in [1.54, 1.807) is 19.2 Å². The summed E-state index contributed by atoms with van der Waals surface area (Å²) in [5.74, 6) is -2.28. The lowest BCUT2D eigenvalue weighted by atomic mass is 9.95. The van der Waals surface area contributed by atoms with Gasteiger partial charge in [-0.2, -0.15) is 0 Å². The first-order chi connectivity index (χ1) is 9.45. The Morgan fingerprint density at radius 3 is 2.25 bits per heavy atom.